The molecule has 4 aromatic rings. The van der Waals surface area contributed by atoms with Gasteiger partial charge in [-0.2, -0.15) is 0 Å². The summed E-state index contributed by atoms with van der Waals surface area (Å²) in [6, 6.07) is 13.6. The first kappa shape index (κ1) is 18.3. The van der Waals surface area contributed by atoms with E-state index < -0.39 is 0 Å². The van der Waals surface area contributed by atoms with E-state index in [1.54, 1.807) is 23.6 Å². The molecule has 0 radical (unpaired) electrons. The normalized spacial score (nSPS) is 14.4. The van der Waals surface area contributed by atoms with E-state index in [4.69, 9.17) is 32.0 Å². The van der Waals surface area contributed by atoms with Crippen molar-refractivity contribution in [1.29, 1.82) is 0 Å². The Balaban J connectivity index is 1.68. The first-order valence-electron chi connectivity index (χ1n) is 9.29. The van der Waals surface area contributed by atoms with Gasteiger partial charge in [-0.1, -0.05) is 23.7 Å². The highest BCUT2D eigenvalue weighted by Crippen LogP contribution is 2.39. The molecule has 5 rings (SSSR count). The Labute approximate surface area is 176 Å². The van der Waals surface area contributed by atoms with Crippen molar-refractivity contribution in [1.82, 2.24) is 15.0 Å². The van der Waals surface area contributed by atoms with Crippen LogP contribution in [0.5, 0.6) is 0 Å². The van der Waals surface area contributed by atoms with Gasteiger partial charge in [0.25, 0.3) is 0 Å². The van der Waals surface area contributed by atoms with Crippen molar-refractivity contribution in [2.45, 2.75) is 0 Å². The Bertz CT molecular complexity index is 1170. The van der Waals surface area contributed by atoms with Gasteiger partial charge in [0.15, 0.2) is 11.6 Å². The fourth-order valence-corrected chi connectivity index (χ4v) is 4.66. The van der Waals surface area contributed by atoms with Crippen molar-refractivity contribution in [2.75, 3.05) is 36.9 Å². The third-order valence-corrected chi connectivity index (χ3v) is 6.22. The summed E-state index contributed by atoms with van der Waals surface area (Å²) in [5.74, 6) is 2.05. The van der Waals surface area contributed by atoms with Crippen LogP contribution in [0.25, 0.3) is 32.0 Å². The van der Waals surface area contributed by atoms with Gasteiger partial charge in [-0.25, -0.2) is 15.0 Å². The minimum Gasteiger partial charge on any atom is -0.384 e. The molecule has 2 N–H and O–H groups in total. The maximum atomic E-state index is 6.20. The molecule has 1 fully saturated rings. The predicted octanol–water partition coefficient (Wildman–Crippen LogP) is 4.49. The maximum Gasteiger partial charge on any atom is 0.163 e. The lowest BCUT2D eigenvalue weighted by atomic mass is 10.2. The number of thiophene rings is 1. The number of rotatable bonds is 3. The summed E-state index contributed by atoms with van der Waals surface area (Å²) in [7, 11) is 0. The SMILES string of the molecule is Nc1ccc(-c2nc(N3CCOCC3)c3sc(-c4cccc(Cl)c4)cc3n2)cn1. The molecule has 0 atom stereocenters. The Hall–Kier alpha value is -2.74. The van der Waals surface area contributed by atoms with Crippen molar-refractivity contribution >= 4 is 44.8 Å². The van der Waals surface area contributed by atoms with E-state index in [1.165, 1.54) is 0 Å². The van der Waals surface area contributed by atoms with Gasteiger partial charge in [-0.15, -0.1) is 11.3 Å². The lowest BCUT2D eigenvalue weighted by Crippen LogP contribution is -2.36. The summed E-state index contributed by atoms with van der Waals surface area (Å²) >= 11 is 7.89. The van der Waals surface area contributed by atoms with E-state index >= 15 is 0 Å². The molecular formula is C21H18ClN5OS. The van der Waals surface area contributed by atoms with Crippen LogP contribution in [0.4, 0.5) is 11.6 Å². The molecule has 29 heavy (non-hydrogen) atoms. The van der Waals surface area contributed by atoms with Gasteiger partial charge in [-0.05, 0) is 35.9 Å². The Morgan fingerprint density at radius 2 is 1.90 bits per heavy atom. The number of aromatic nitrogens is 3. The molecule has 3 aromatic heterocycles. The number of fused-ring (bicyclic) bond motifs is 1. The summed E-state index contributed by atoms with van der Waals surface area (Å²) < 4.78 is 6.59. The van der Waals surface area contributed by atoms with Crippen molar-refractivity contribution < 1.29 is 4.74 Å². The molecule has 1 aliphatic heterocycles. The number of morpholine rings is 1. The summed E-state index contributed by atoms with van der Waals surface area (Å²) in [6.45, 7) is 2.99. The summed E-state index contributed by atoms with van der Waals surface area (Å²) in [6.07, 6.45) is 1.71. The first-order valence-corrected chi connectivity index (χ1v) is 10.5. The summed E-state index contributed by atoms with van der Waals surface area (Å²) in [5.41, 5.74) is 8.56. The average molecular weight is 424 g/mol. The van der Waals surface area contributed by atoms with Gasteiger partial charge in [-0.3, -0.25) is 0 Å². The van der Waals surface area contributed by atoms with Crippen LogP contribution in [0.1, 0.15) is 0 Å². The van der Waals surface area contributed by atoms with Crippen LogP contribution in [-0.4, -0.2) is 41.3 Å². The van der Waals surface area contributed by atoms with Gasteiger partial charge < -0.3 is 15.4 Å². The molecule has 0 unspecified atom stereocenters. The predicted molar refractivity (Wildman–Crippen MR) is 119 cm³/mol. The lowest BCUT2D eigenvalue weighted by molar-refractivity contribution is 0.122. The highest BCUT2D eigenvalue weighted by molar-refractivity contribution is 7.22. The zero-order chi connectivity index (χ0) is 19.8. The van der Waals surface area contributed by atoms with Crippen LogP contribution < -0.4 is 10.6 Å². The third kappa shape index (κ3) is 3.64. The fraction of sp³-hybridized carbons (Fsp3) is 0.190. The molecule has 146 valence electrons. The van der Waals surface area contributed by atoms with Gasteiger partial charge in [0.1, 0.15) is 5.82 Å². The number of halogens is 1. The molecule has 4 heterocycles. The standard InChI is InChI=1S/C21H18ClN5OS/c22-15-3-1-2-13(10-15)17-11-16-19(29-17)21(27-6-8-28-9-7-27)26-20(25-16)14-4-5-18(23)24-12-14/h1-5,10-12H,6-9H2,(H2,23,24). The zero-order valence-electron chi connectivity index (χ0n) is 15.5. The zero-order valence-corrected chi connectivity index (χ0v) is 17.1. The molecule has 0 saturated carbocycles. The topological polar surface area (TPSA) is 77.2 Å². The van der Waals surface area contributed by atoms with Gasteiger partial charge >= 0.3 is 0 Å². The van der Waals surface area contributed by atoms with Crippen LogP contribution in [-0.2, 0) is 4.74 Å². The minimum atomic E-state index is 0.474. The van der Waals surface area contributed by atoms with Crippen LogP contribution >= 0.6 is 22.9 Å². The first-order chi connectivity index (χ1) is 14.2. The van der Waals surface area contributed by atoms with Crippen LogP contribution in [0, 0.1) is 0 Å². The molecule has 0 aliphatic carbocycles. The van der Waals surface area contributed by atoms with E-state index in [9.17, 15) is 0 Å². The highest BCUT2D eigenvalue weighted by Gasteiger charge is 2.20. The molecule has 1 aliphatic rings. The Morgan fingerprint density at radius 3 is 2.66 bits per heavy atom. The third-order valence-electron chi connectivity index (χ3n) is 4.82. The number of nitrogens with two attached hydrogens (primary N) is 1. The second-order valence-electron chi connectivity index (χ2n) is 6.78. The Kier molecular flexibility index (Phi) is 4.79. The molecule has 1 saturated heterocycles. The lowest BCUT2D eigenvalue weighted by Gasteiger charge is -2.28. The van der Waals surface area contributed by atoms with E-state index in [2.05, 4.69) is 22.0 Å². The molecule has 0 amide bonds. The summed E-state index contributed by atoms with van der Waals surface area (Å²) in [5, 5.41) is 0.716. The Morgan fingerprint density at radius 1 is 1.03 bits per heavy atom. The fourth-order valence-electron chi connectivity index (χ4n) is 3.35. The number of nitrogens with zero attached hydrogens (tertiary/aromatic N) is 4. The molecule has 0 bridgehead atoms. The van der Waals surface area contributed by atoms with Crippen LogP contribution in [0.15, 0.2) is 48.7 Å². The number of hydrogen-bond donors (Lipinski definition) is 1. The smallest absolute Gasteiger partial charge is 0.163 e. The maximum absolute atomic E-state index is 6.20. The number of hydrogen-bond acceptors (Lipinski definition) is 7. The van der Waals surface area contributed by atoms with E-state index in [-0.39, 0.29) is 0 Å². The molecule has 1 aromatic carbocycles. The monoisotopic (exact) mass is 423 g/mol. The van der Waals surface area contributed by atoms with Gasteiger partial charge in [0, 0.05) is 34.7 Å². The number of anilines is 2. The van der Waals surface area contributed by atoms with Crippen LogP contribution in [0.3, 0.4) is 0 Å². The number of nitrogen functional groups attached to an aromatic ring is 1. The second-order valence-corrected chi connectivity index (χ2v) is 8.27. The second kappa shape index (κ2) is 7.59. The average Bonchev–Trinajstić information content (AvgIpc) is 3.18. The molecule has 6 nitrogen and oxygen atoms in total. The molecular weight excluding hydrogens is 406 g/mol. The van der Waals surface area contributed by atoms with E-state index in [0.29, 0.717) is 29.9 Å². The van der Waals surface area contributed by atoms with Gasteiger partial charge in [0.05, 0.1) is 23.4 Å². The van der Waals surface area contributed by atoms with Crippen molar-refractivity contribution in [2.24, 2.45) is 0 Å². The summed E-state index contributed by atoms with van der Waals surface area (Å²) in [4.78, 5) is 17.3. The van der Waals surface area contributed by atoms with Crippen molar-refractivity contribution in [3.63, 3.8) is 0 Å². The number of ether oxygens (including phenoxy) is 1. The van der Waals surface area contributed by atoms with E-state index in [0.717, 1.165) is 45.1 Å². The highest BCUT2D eigenvalue weighted by atomic mass is 35.5. The van der Waals surface area contributed by atoms with Gasteiger partial charge in [0.2, 0.25) is 0 Å². The quantitative estimate of drug-likeness (QED) is 0.523. The number of benzene rings is 1. The van der Waals surface area contributed by atoms with E-state index in [1.807, 2.05) is 24.3 Å². The molecule has 8 heteroatoms. The van der Waals surface area contributed by atoms with Crippen molar-refractivity contribution in [3.8, 4) is 21.8 Å². The largest absolute Gasteiger partial charge is 0.384 e. The minimum absolute atomic E-state index is 0.474. The number of pyridine rings is 1. The van der Waals surface area contributed by atoms with Crippen LogP contribution in [0.2, 0.25) is 5.02 Å². The molecule has 0 spiro atoms. The van der Waals surface area contributed by atoms with Crippen molar-refractivity contribution in [3.05, 3.63) is 53.7 Å².